The second-order valence-corrected chi connectivity index (χ2v) is 7.82. The highest BCUT2D eigenvalue weighted by molar-refractivity contribution is 7.56. The monoisotopic (exact) mass is 263 g/mol. The van der Waals surface area contributed by atoms with Crippen molar-refractivity contribution in [1.29, 1.82) is 0 Å². The second kappa shape index (κ2) is 6.91. The molecule has 3 radical (unpaired) electrons. The Morgan fingerprint density at radius 3 is 2.17 bits per heavy atom. The molecule has 1 aromatic rings. The third kappa shape index (κ3) is 4.79. The van der Waals surface area contributed by atoms with E-state index in [-0.39, 0.29) is 19.5 Å². The summed E-state index contributed by atoms with van der Waals surface area (Å²) in [4.78, 5) is 11.5. The lowest BCUT2D eigenvalue weighted by atomic mass is 10.1. The molecule has 3 N–H and O–H groups in total. The van der Waals surface area contributed by atoms with Crippen LogP contribution < -0.4 is 10.8 Å². The number of hydrogen-bond donors (Lipinski definition) is 2. The lowest BCUT2D eigenvalue weighted by Gasteiger charge is -2.31. The molecule has 0 saturated carbocycles. The van der Waals surface area contributed by atoms with Gasteiger partial charge in [0.25, 0.3) is 0 Å². The quantitative estimate of drug-likeness (QED) is 0.646. The van der Waals surface area contributed by atoms with Crippen LogP contribution in [0.3, 0.4) is 0 Å². The van der Waals surface area contributed by atoms with Gasteiger partial charge >= 0.3 is 0 Å². The number of carbonyl (C=O) groups excluding carboxylic acids is 1. The van der Waals surface area contributed by atoms with Crippen molar-refractivity contribution in [2.75, 3.05) is 6.66 Å². The molecule has 1 aromatic carbocycles. The van der Waals surface area contributed by atoms with Crippen molar-refractivity contribution < 1.29 is 4.79 Å². The lowest BCUT2D eigenvalue weighted by molar-refractivity contribution is -0.119. The fourth-order valence-electron chi connectivity index (χ4n) is 1.34. The normalized spacial score (nSPS) is 14.4. The van der Waals surface area contributed by atoms with Crippen LogP contribution in [0, 0.1) is 0 Å². The van der Waals surface area contributed by atoms with Crippen LogP contribution in [0.1, 0.15) is 32.4 Å². The predicted molar refractivity (Wildman–Crippen MR) is 79.9 cm³/mol. The number of hydrogen-bond acceptors (Lipinski definition) is 2. The van der Waals surface area contributed by atoms with Crippen LogP contribution in [0.2, 0.25) is 0 Å². The molecule has 0 aliphatic heterocycles. The molecule has 0 bridgehead atoms. The number of nitrogens with two attached hydrogens (primary N) is 1. The molecular formula is C13H21BN2OP. The Labute approximate surface area is 113 Å². The minimum atomic E-state index is -0.468. The molecule has 0 aromatic heterocycles. The van der Waals surface area contributed by atoms with Gasteiger partial charge in [-0.3, -0.25) is 9.88 Å². The van der Waals surface area contributed by atoms with Gasteiger partial charge in [-0.25, -0.2) is 0 Å². The summed E-state index contributed by atoms with van der Waals surface area (Å²) in [5.41, 5.74) is 6.40. The molecule has 18 heavy (non-hydrogen) atoms. The Morgan fingerprint density at radius 2 is 1.78 bits per heavy atom. The summed E-state index contributed by atoms with van der Waals surface area (Å²) in [5.74, 6) is -0.324. The Morgan fingerprint density at radius 1 is 1.28 bits per heavy atom. The van der Waals surface area contributed by atoms with E-state index in [1.54, 1.807) is 0 Å². The first-order valence-corrected chi connectivity index (χ1v) is 7.45. The Kier molecular flexibility index (Phi) is 6.58. The maximum absolute atomic E-state index is 11.5. The van der Waals surface area contributed by atoms with E-state index in [9.17, 15) is 4.79 Å². The molecule has 2 atom stereocenters. The summed E-state index contributed by atoms with van der Waals surface area (Å²) in [6.45, 7) is 8.62. The zero-order valence-corrected chi connectivity index (χ0v) is 12.4. The van der Waals surface area contributed by atoms with E-state index in [1.165, 1.54) is 0 Å². The van der Waals surface area contributed by atoms with Gasteiger partial charge in [-0.05, 0) is 25.5 Å². The van der Waals surface area contributed by atoms with Crippen molar-refractivity contribution in [2.45, 2.75) is 32.0 Å². The molecule has 1 rings (SSSR count). The first-order chi connectivity index (χ1) is 7.82. The maximum atomic E-state index is 11.5. The fraction of sp³-hybridized carbons (Fsp3) is 0.462. The minimum absolute atomic E-state index is 0. The largest absolute Gasteiger partial charge is 0.368 e. The Hall–Kier alpha value is -0.855. The van der Waals surface area contributed by atoms with E-state index in [1.807, 2.05) is 30.3 Å². The summed E-state index contributed by atoms with van der Waals surface area (Å²) in [6.07, 6.45) is 0. The van der Waals surface area contributed by atoms with Gasteiger partial charge in [-0.15, -0.1) is 0 Å². The summed E-state index contributed by atoms with van der Waals surface area (Å²) in [6, 6.07) is 9.22. The van der Waals surface area contributed by atoms with E-state index in [0.717, 1.165) is 5.56 Å². The average Bonchev–Trinajstić information content (AvgIpc) is 2.25. The summed E-state index contributed by atoms with van der Waals surface area (Å²) >= 11 is 0. The Bertz CT molecular complexity index is 378. The molecule has 0 spiro atoms. The second-order valence-electron chi connectivity index (χ2n) is 5.11. The van der Waals surface area contributed by atoms with Crippen molar-refractivity contribution in [3.8, 4) is 0 Å². The van der Waals surface area contributed by atoms with Crippen molar-refractivity contribution >= 4 is 22.4 Å². The van der Waals surface area contributed by atoms with E-state index < -0.39 is 14.1 Å². The van der Waals surface area contributed by atoms with Gasteiger partial charge in [0.1, 0.15) is 6.04 Å². The first kappa shape index (κ1) is 17.1. The summed E-state index contributed by atoms with van der Waals surface area (Å²) in [7, 11) is -0.468. The lowest BCUT2D eigenvalue weighted by Crippen LogP contribution is -2.34. The van der Waals surface area contributed by atoms with Crippen LogP contribution in [0.25, 0.3) is 0 Å². The fourth-order valence-corrected chi connectivity index (χ4v) is 2.39. The van der Waals surface area contributed by atoms with E-state index in [0.29, 0.717) is 0 Å². The highest BCUT2D eigenvalue weighted by Crippen LogP contribution is 2.43. The van der Waals surface area contributed by atoms with Crippen LogP contribution in [-0.4, -0.2) is 26.1 Å². The van der Waals surface area contributed by atoms with Crippen molar-refractivity contribution in [2.24, 2.45) is 5.73 Å². The van der Waals surface area contributed by atoms with Crippen LogP contribution >= 0.6 is 8.07 Å². The van der Waals surface area contributed by atoms with Crippen molar-refractivity contribution in [1.82, 2.24) is 5.09 Å². The van der Waals surface area contributed by atoms with Gasteiger partial charge in [0.05, 0.1) is 0 Å². The zero-order valence-electron chi connectivity index (χ0n) is 11.5. The van der Waals surface area contributed by atoms with Gasteiger partial charge < -0.3 is 5.73 Å². The molecule has 0 aliphatic rings. The zero-order chi connectivity index (χ0) is 13.1. The number of nitrogens with one attached hydrogen (secondary N) is 1. The molecule has 0 fully saturated rings. The number of benzene rings is 1. The minimum Gasteiger partial charge on any atom is -0.368 e. The van der Waals surface area contributed by atoms with Gasteiger partial charge in [0, 0.05) is 8.41 Å². The van der Waals surface area contributed by atoms with E-state index >= 15 is 0 Å². The molecule has 0 aliphatic carbocycles. The molecule has 1 amide bonds. The molecule has 3 nitrogen and oxygen atoms in total. The average molecular weight is 263 g/mol. The summed E-state index contributed by atoms with van der Waals surface area (Å²) < 4.78 is 0. The van der Waals surface area contributed by atoms with Gasteiger partial charge in [-0.1, -0.05) is 51.1 Å². The SMILES string of the molecule is CP(N[C@@H](C(N)=O)c1ccccc1)C(C)(C)C.[B]. The number of primary amides is 1. The van der Waals surface area contributed by atoms with Gasteiger partial charge in [0.2, 0.25) is 5.91 Å². The molecule has 5 heteroatoms. The molecule has 1 unspecified atom stereocenters. The van der Waals surface area contributed by atoms with Crippen molar-refractivity contribution in [3.05, 3.63) is 35.9 Å². The standard InChI is InChI=1S/C13H21N2OP.B/c1-13(2,3)17(4)15-11(12(14)16)10-8-6-5-7-9-10;/h5-9,11,15H,1-4H3,(H2,14,16);/t11-,17?;/m1./s1. The Balaban J connectivity index is 0.00000289. The smallest absolute Gasteiger partial charge is 0.239 e. The number of rotatable bonds is 4. The molecular weight excluding hydrogens is 242 g/mol. The number of amides is 1. The van der Waals surface area contributed by atoms with Gasteiger partial charge in [-0.2, -0.15) is 0 Å². The maximum Gasteiger partial charge on any atom is 0.239 e. The van der Waals surface area contributed by atoms with Gasteiger partial charge in [0.15, 0.2) is 0 Å². The van der Waals surface area contributed by atoms with Crippen LogP contribution in [-0.2, 0) is 4.79 Å². The van der Waals surface area contributed by atoms with Crippen LogP contribution in [0.4, 0.5) is 0 Å². The van der Waals surface area contributed by atoms with Crippen molar-refractivity contribution in [3.63, 3.8) is 0 Å². The van der Waals surface area contributed by atoms with Crippen LogP contribution in [0.5, 0.6) is 0 Å². The predicted octanol–water partition coefficient (Wildman–Crippen LogP) is 2.25. The topological polar surface area (TPSA) is 55.1 Å². The van der Waals surface area contributed by atoms with E-state index in [2.05, 4.69) is 32.5 Å². The number of carbonyl (C=O) groups is 1. The third-order valence-electron chi connectivity index (χ3n) is 2.75. The first-order valence-electron chi connectivity index (χ1n) is 5.66. The van der Waals surface area contributed by atoms with E-state index in [4.69, 9.17) is 5.73 Å². The third-order valence-corrected chi connectivity index (χ3v) is 5.40. The summed E-state index contributed by atoms with van der Waals surface area (Å²) in [5, 5.41) is 3.51. The molecule has 97 valence electrons. The highest BCUT2D eigenvalue weighted by Gasteiger charge is 2.26. The molecule has 0 saturated heterocycles. The molecule has 0 heterocycles. The van der Waals surface area contributed by atoms with Crippen LogP contribution in [0.15, 0.2) is 30.3 Å². The highest BCUT2D eigenvalue weighted by atomic mass is 31.1.